The summed E-state index contributed by atoms with van der Waals surface area (Å²) in [6.45, 7) is 4.16. The molecule has 0 unspecified atom stereocenters. The van der Waals surface area contributed by atoms with Crippen LogP contribution in [0.25, 0.3) is 0 Å². The average Bonchev–Trinajstić information content (AvgIpc) is 2.39. The van der Waals surface area contributed by atoms with E-state index in [1.807, 2.05) is 0 Å². The van der Waals surface area contributed by atoms with Gasteiger partial charge in [0.25, 0.3) is 11.8 Å². The molecule has 2 amide bonds. The fourth-order valence-electron chi connectivity index (χ4n) is 1.86. The van der Waals surface area contributed by atoms with Gasteiger partial charge >= 0.3 is 0 Å². The van der Waals surface area contributed by atoms with Gasteiger partial charge in [-0.15, -0.1) is 0 Å². The summed E-state index contributed by atoms with van der Waals surface area (Å²) in [5, 5.41) is 0. The van der Waals surface area contributed by atoms with Crippen LogP contribution in [0.3, 0.4) is 0 Å². The quantitative estimate of drug-likeness (QED) is 0.776. The zero-order chi connectivity index (χ0) is 14.0. The Bertz CT molecular complexity index is 502. The molecule has 7 heteroatoms. The summed E-state index contributed by atoms with van der Waals surface area (Å²) < 4.78 is 5.36. The van der Waals surface area contributed by atoms with Gasteiger partial charge in [-0.1, -0.05) is 0 Å². The van der Waals surface area contributed by atoms with Gasteiger partial charge in [-0.05, 0) is 13.8 Å². The van der Waals surface area contributed by atoms with Crippen LogP contribution in [0, 0.1) is 6.92 Å². The van der Waals surface area contributed by atoms with Gasteiger partial charge in [0.2, 0.25) is 0 Å². The molecule has 0 aliphatic carbocycles. The Morgan fingerprint density at radius 3 is 2.74 bits per heavy atom. The van der Waals surface area contributed by atoms with E-state index in [1.54, 1.807) is 13.8 Å². The highest BCUT2D eigenvalue weighted by Gasteiger charge is 2.39. The van der Waals surface area contributed by atoms with Crippen molar-refractivity contribution in [2.45, 2.75) is 19.4 Å². The van der Waals surface area contributed by atoms with E-state index in [9.17, 15) is 9.59 Å². The second-order valence-corrected chi connectivity index (χ2v) is 4.71. The number of nitrogens with two attached hydrogens (primary N) is 1. The van der Waals surface area contributed by atoms with Gasteiger partial charge in [0, 0.05) is 12.7 Å². The predicted molar refractivity (Wildman–Crippen MR) is 66.2 cm³/mol. The lowest BCUT2D eigenvalue weighted by atomic mass is 10.0. The van der Waals surface area contributed by atoms with E-state index in [0.29, 0.717) is 6.54 Å². The lowest BCUT2D eigenvalue weighted by Gasteiger charge is -2.38. The molecule has 2 rings (SSSR count). The largest absolute Gasteiger partial charge is 0.367 e. The highest BCUT2D eigenvalue weighted by molar-refractivity contribution is 5.93. The number of ether oxygens (including phenoxy) is 1. The normalized spacial score (nSPS) is 23.2. The third-order valence-corrected chi connectivity index (χ3v) is 3.08. The first-order chi connectivity index (χ1) is 8.92. The molecule has 1 saturated heterocycles. The Kier molecular flexibility index (Phi) is 3.48. The number of hydrogen-bond acceptors (Lipinski definition) is 5. The number of carbonyl (C=O) groups excluding carboxylic acids is 2. The van der Waals surface area contributed by atoms with E-state index < -0.39 is 11.5 Å². The predicted octanol–water partition coefficient (Wildman–Crippen LogP) is -0.499. The lowest BCUT2D eigenvalue weighted by molar-refractivity contribution is -0.150. The number of aromatic nitrogens is 2. The number of rotatable bonds is 2. The topological polar surface area (TPSA) is 98.4 Å². The van der Waals surface area contributed by atoms with Crippen molar-refractivity contribution in [1.82, 2.24) is 14.9 Å². The molecular weight excluding hydrogens is 248 g/mol. The third-order valence-electron chi connectivity index (χ3n) is 3.08. The molecule has 1 aliphatic heterocycles. The Morgan fingerprint density at radius 2 is 2.16 bits per heavy atom. The Labute approximate surface area is 110 Å². The second kappa shape index (κ2) is 4.93. The molecule has 2 N–H and O–H groups in total. The molecule has 19 heavy (non-hydrogen) atoms. The molecule has 1 fully saturated rings. The number of aryl methyl sites for hydroxylation is 1. The minimum atomic E-state index is -1.15. The molecule has 1 atom stereocenters. The molecule has 1 aliphatic rings. The van der Waals surface area contributed by atoms with E-state index in [4.69, 9.17) is 10.5 Å². The number of primary amides is 1. The third kappa shape index (κ3) is 2.70. The molecule has 0 saturated carbocycles. The molecule has 7 nitrogen and oxygen atoms in total. The summed E-state index contributed by atoms with van der Waals surface area (Å²) in [5.74, 6) is -0.858. The fourth-order valence-corrected chi connectivity index (χ4v) is 1.86. The van der Waals surface area contributed by atoms with Gasteiger partial charge in [-0.25, -0.2) is 4.98 Å². The molecule has 0 aromatic carbocycles. The molecule has 1 aromatic heterocycles. The summed E-state index contributed by atoms with van der Waals surface area (Å²) >= 11 is 0. The molecule has 0 spiro atoms. The van der Waals surface area contributed by atoms with Crippen LogP contribution in [0.4, 0.5) is 0 Å². The van der Waals surface area contributed by atoms with Crippen LogP contribution in [0.15, 0.2) is 12.4 Å². The maximum atomic E-state index is 12.2. The highest BCUT2D eigenvalue weighted by atomic mass is 16.5. The van der Waals surface area contributed by atoms with Crippen molar-refractivity contribution in [2.75, 3.05) is 19.7 Å². The minimum Gasteiger partial charge on any atom is -0.367 e. The lowest BCUT2D eigenvalue weighted by Crippen LogP contribution is -2.58. The SMILES string of the molecule is Cc1cnc(C(=O)N2CCO[C@@](C)(C(N)=O)C2)cn1. The minimum absolute atomic E-state index is 0.122. The van der Waals surface area contributed by atoms with E-state index in [1.165, 1.54) is 17.3 Å². The van der Waals surface area contributed by atoms with E-state index >= 15 is 0 Å². The first-order valence-electron chi connectivity index (χ1n) is 5.94. The van der Waals surface area contributed by atoms with Crippen LogP contribution >= 0.6 is 0 Å². The second-order valence-electron chi connectivity index (χ2n) is 4.71. The first-order valence-corrected chi connectivity index (χ1v) is 5.94. The summed E-state index contributed by atoms with van der Waals surface area (Å²) in [6, 6.07) is 0. The maximum absolute atomic E-state index is 12.2. The van der Waals surface area contributed by atoms with Gasteiger partial charge < -0.3 is 15.4 Å². The fraction of sp³-hybridized carbons (Fsp3) is 0.500. The number of nitrogens with zero attached hydrogens (tertiary/aromatic N) is 3. The maximum Gasteiger partial charge on any atom is 0.274 e. The van der Waals surface area contributed by atoms with Crippen LogP contribution in [-0.4, -0.2) is 52.0 Å². The standard InChI is InChI=1S/C12H16N4O3/c1-8-5-15-9(6-14-8)10(17)16-3-4-19-12(2,7-16)11(13)18/h5-6H,3-4,7H2,1-2H3,(H2,13,18)/t12-/m1/s1. The molecule has 102 valence electrons. The van der Waals surface area contributed by atoms with Crippen molar-refractivity contribution in [1.29, 1.82) is 0 Å². The van der Waals surface area contributed by atoms with Crippen molar-refractivity contribution in [2.24, 2.45) is 5.73 Å². The molecule has 0 radical (unpaired) electrons. The molecule has 0 bridgehead atoms. The summed E-state index contributed by atoms with van der Waals surface area (Å²) in [4.78, 5) is 33.2. The van der Waals surface area contributed by atoms with Gasteiger partial charge in [-0.3, -0.25) is 14.6 Å². The van der Waals surface area contributed by atoms with E-state index in [2.05, 4.69) is 9.97 Å². The highest BCUT2D eigenvalue weighted by Crippen LogP contribution is 2.18. The van der Waals surface area contributed by atoms with Crippen molar-refractivity contribution in [3.8, 4) is 0 Å². The van der Waals surface area contributed by atoms with E-state index in [-0.39, 0.29) is 24.8 Å². The van der Waals surface area contributed by atoms with E-state index in [0.717, 1.165) is 5.69 Å². The molecular formula is C12H16N4O3. The van der Waals surface area contributed by atoms with Gasteiger partial charge in [0.05, 0.1) is 25.0 Å². The number of morpholine rings is 1. The number of hydrogen-bond donors (Lipinski definition) is 1. The Hall–Kier alpha value is -2.02. The zero-order valence-electron chi connectivity index (χ0n) is 10.9. The average molecular weight is 264 g/mol. The Balaban J connectivity index is 2.15. The van der Waals surface area contributed by atoms with Crippen molar-refractivity contribution in [3.05, 3.63) is 23.8 Å². The smallest absolute Gasteiger partial charge is 0.274 e. The molecule has 1 aromatic rings. The Morgan fingerprint density at radius 1 is 1.42 bits per heavy atom. The zero-order valence-corrected chi connectivity index (χ0v) is 10.9. The van der Waals surface area contributed by atoms with Crippen LogP contribution in [-0.2, 0) is 9.53 Å². The van der Waals surface area contributed by atoms with Gasteiger partial charge in [-0.2, -0.15) is 0 Å². The molecule has 2 heterocycles. The van der Waals surface area contributed by atoms with Crippen LogP contribution in [0.1, 0.15) is 23.1 Å². The van der Waals surface area contributed by atoms with Crippen LogP contribution < -0.4 is 5.73 Å². The summed E-state index contributed by atoms with van der Waals surface area (Å²) in [7, 11) is 0. The number of amides is 2. The summed E-state index contributed by atoms with van der Waals surface area (Å²) in [5.41, 5.74) is 5.13. The van der Waals surface area contributed by atoms with Gasteiger partial charge in [0.1, 0.15) is 5.69 Å². The van der Waals surface area contributed by atoms with Crippen LogP contribution in [0.5, 0.6) is 0 Å². The first kappa shape index (κ1) is 13.4. The van der Waals surface area contributed by atoms with Crippen molar-refractivity contribution < 1.29 is 14.3 Å². The van der Waals surface area contributed by atoms with Crippen molar-refractivity contribution in [3.63, 3.8) is 0 Å². The number of carbonyl (C=O) groups is 2. The monoisotopic (exact) mass is 264 g/mol. The van der Waals surface area contributed by atoms with Gasteiger partial charge in [0.15, 0.2) is 5.60 Å². The summed E-state index contributed by atoms with van der Waals surface area (Å²) in [6.07, 6.45) is 2.95. The van der Waals surface area contributed by atoms with Crippen LogP contribution in [0.2, 0.25) is 0 Å². The van der Waals surface area contributed by atoms with Crippen molar-refractivity contribution >= 4 is 11.8 Å².